The molecule has 6 nitrogen and oxygen atoms in total. The van der Waals surface area contributed by atoms with Gasteiger partial charge in [-0.1, -0.05) is 44.9 Å². The average Bonchev–Trinajstić information content (AvgIpc) is 2.94. The van der Waals surface area contributed by atoms with E-state index < -0.39 is 42.0 Å². The van der Waals surface area contributed by atoms with E-state index in [1.807, 2.05) is 0 Å². The third kappa shape index (κ3) is 11.2. The average molecular weight is 663 g/mol. The Hall–Kier alpha value is -3.28. The summed E-state index contributed by atoms with van der Waals surface area (Å²) < 4.78 is 82.4. The number of hydrogen-bond acceptors (Lipinski definition) is 4. The number of benzene rings is 2. The number of hydrogen-bond donors (Lipinski definition) is 2. The molecule has 1 aliphatic rings. The van der Waals surface area contributed by atoms with Crippen LogP contribution in [-0.2, 0) is 11.3 Å². The maximum absolute atomic E-state index is 13.1. The zero-order valence-corrected chi connectivity index (χ0v) is 26.0. The van der Waals surface area contributed by atoms with Crippen molar-refractivity contribution in [2.75, 3.05) is 11.9 Å². The van der Waals surface area contributed by atoms with Gasteiger partial charge in [-0.25, -0.2) is 0 Å². The van der Waals surface area contributed by atoms with Crippen LogP contribution in [0, 0.1) is 17.3 Å². The molecule has 2 aromatic carbocycles. The first-order valence-corrected chi connectivity index (χ1v) is 15.0. The Morgan fingerprint density at radius 2 is 1.58 bits per heavy atom. The summed E-state index contributed by atoms with van der Waals surface area (Å²) in [6, 6.07) is 8.31. The molecule has 1 saturated carbocycles. The lowest BCUT2D eigenvalue weighted by atomic mass is 9.79. The first kappa shape index (κ1) is 36.2. The van der Waals surface area contributed by atoms with E-state index in [1.165, 1.54) is 24.3 Å². The summed E-state index contributed by atoms with van der Waals surface area (Å²) >= 11 is 6.25. The first-order chi connectivity index (χ1) is 20.8. The molecule has 13 heteroatoms. The molecule has 0 radical (unpaired) electrons. The van der Waals surface area contributed by atoms with Crippen LogP contribution in [0.4, 0.5) is 32.0 Å². The molecule has 0 bridgehead atoms. The van der Waals surface area contributed by atoms with Gasteiger partial charge < -0.3 is 15.4 Å². The highest BCUT2D eigenvalue weighted by Gasteiger charge is 2.41. The molecule has 0 saturated heterocycles. The molecule has 2 aromatic rings. The van der Waals surface area contributed by atoms with Gasteiger partial charge in [0.15, 0.2) is 12.4 Å². The molecule has 0 aliphatic heterocycles. The standard InChI is InChI=1S/C32H37ClF6N2O4/c1-30(2,3)29(44)40-17-20-9-13-25(33)23(15-20)28(43)41-22-12-14-27(45-18-31(34,35)36)24(16-22)26(42)6-4-5-19-7-10-21(11-8-19)32(37,38)39/h9,12-16,19,21H,4-8,10-11,17-18H2,1-3H3,(H,40,44)(H,41,43). The number of nitrogens with one attached hydrogen (secondary N) is 2. The number of ether oxygens (including phenoxy) is 1. The summed E-state index contributed by atoms with van der Waals surface area (Å²) in [6.45, 7) is 3.78. The van der Waals surface area contributed by atoms with Gasteiger partial charge in [-0.3, -0.25) is 14.4 Å². The SMILES string of the molecule is CC(C)(C)C(=O)NCc1ccc(Cl)c(C(=O)Nc2ccc(OCC(F)(F)F)c(C(=O)CCCC3CCC(C(F)(F)F)CC3)c2)c1. The van der Waals surface area contributed by atoms with Crippen LogP contribution in [0.1, 0.15) is 92.0 Å². The first-order valence-electron chi connectivity index (χ1n) is 14.6. The Labute approximate surface area is 263 Å². The second-order valence-electron chi connectivity index (χ2n) is 12.4. The number of anilines is 1. The number of rotatable bonds is 11. The normalized spacial score (nSPS) is 17.5. The zero-order chi connectivity index (χ0) is 33.6. The van der Waals surface area contributed by atoms with Crippen LogP contribution < -0.4 is 15.4 Å². The Morgan fingerprint density at radius 1 is 0.911 bits per heavy atom. The van der Waals surface area contributed by atoms with E-state index in [0.29, 0.717) is 31.2 Å². The minimum Gasteiger partial charge on any atom is -0.483 e. The predicted molar refractivity (Wildman–Crippen MR) is 158 cm³/mol. The van der Waals surface area contributed by atoms with Crippen molar-refractivity contribution in [1.82, 2.24) is 5.32 Å². The van der Waals surface area contributed by atoms with E-state index >= 15 is 0 Å². The molecule has 45 heavy (non-hydrogen) atoms. The lowest BCUT2D eigenvalue weighted by molar-refractivity contribution is -0.184. The number of carbonyl (C=O) groups is 3. The summed E-state index contributed by atoms with van der Waals surface area (Å²) in [4.78, 5) is 38.5. The van der Waals surface area contributed by atoms with Crippen molar-refractivity contribution in [2.45, 2.75) is 84.6 Å². The summed E-state index contributed by atoms with van der Waals surface area (Å²) in [6.07, 6.45) is -7.22. The number of ketones is 1. The highest BCUT2D eigenvalue weighted by atomic mass is 35.5. The van der Waals surface area contributed by atoms with Crippen LogP contribution in [0.5, 0.6) is 5.75 Å². The third-order valence-electron chi connectivity index (χ3n) is 7.66. The zero-order valence-electron chi connectivity index (χ0n) is 25.3. The van der Waals surface area contributed by atoms with Crippen LogP contribution in [-0.4, -0.2) is 36.6 Å². The van der Waals surface area contributed by atoms with Gasteiger partial charge in [0.05, 0.1) is 22.1 Å². The summed E-state index contributed by atoms with van der Waals surface area (Å²) in [5.74, 6) is -2.96. The highest BCUT2D eigenvalue weighted by molar-refractivity contribution is 6.34. The van der Waals surface area contributed by atoms with Gasteiger partial charge in [0.2, 0.25) is 5.91 Å². The quantitative estimate of drug-likeness (QED) is 0.186. The van der Waals surface area contributed by atoms with Gasteiger partial charge in [0, 0.05) is 24.1 Å². The van der Waals surface area contributed by atoms with E-state index in [-0.39, 0.29) is 65.2 Å². The molecule has 2 N–H and O–H groups in total. The van der Waals surface area contributed by atoms with E-state index in [1.54, 1.807) is 26.8 Å². The van der Waals surface area contributed by atoms with Crippen LogP contribution >= 0.6 is 11.6 Å². The lowest BCUT2D eigenvalue weighted by Gasteiger charge is -2.29. The molecule has 0 unspecified atom stereocenters. The molecule has 3 rings (SSSR count). The van der Waals surface area contributed by atoms with Gasteiger partial charge in [-0.2, -0.15) is 26.3 Å². The van der Waals surface area contributed by atoms with E-state index in [0.717, 1.165) is 6.07 Å². The maximum Gasteiger partial charge on any atom is 0.422 e. The number of Topliss-reactive ketones (excluding diaryl/α,β-unsaturated/α-hetero) is 1. The van der Waals surface area contributed by atoms with Crippen LogP contribution in [0.15, 0.2) is 36.4 Å². The highest BCUT2D eigenvalue weighted by Crippen LogP contribution is 2.41. The van der Waals surface area contributed by atoms with Crippen LogP contribution in [0.25, 0.3) is 0 Å². The van der Waals surface area contributed by atoms with Crippen LogP contribution in [0.2, 0.25) is 5.02 Å². The van der Waals surface area contributed by atoms with Crippen LogP contribution in [0.3, 0.4) is 0 Å². The predicted octanol–water partition coefficient (Wildman–Crippen LogP) is 8.92. The molecule has 248 valence electrons. The molecule has 0 atom stereocenters. The van der Waals surface area contributed by atoms with Crippen molar-refractivity contribution in [3.63, 3.8) is 0 Å². The van der Waals surface area contributed by atoms with Crippen molar-refractivity contribution in [3.05, 3.63) is 58.1 Å². The maximum atomic E-state index is 13.1. The largest absolute Gasteiger partial charge is 0.483 e. The third-order valence-corrected chi connectivity index (χ3v) is 7.99. The summed E-state index contributed by atoms with van der Waals surface area (Å²) in [5, 5.41) is 5.49. The number of carbonyl (C=O) groups excluding carboxylic acids is 3. The Balaban J connectivity index is 1.70. The molecule has 0 heterocycles. The van der Waals surface area contributed by atoms with Crippen molar-refractivity contribution in [2.24, 2.45) is 17.3 Å². The number of amides is 2. The fourth-order valence-electron chi connectivity index (χ4n) is 5.08. The fourth-order valence-corrected chi connectivity index (χ4v) is 5.28. The smallest absolute Gasteiger partial charge is 0.422 e. The molecule has 1 fully saturated rings. The Morgan fingerprint density at radius 3 is 2.18 bits per heavy atom. The molecule has 0 aromatic heterocycles. The minimum absolute atomic E-state index is 0.0327. The molecular weight excluding hydrogens is 626 g/mol. The number of halogens is 7. The van der Waals surface area contributed by atoms with E-state index in [2.05, 4.69) is 10.6 Å². The molecule has 2 amide bonds. The molecular formula is C32H37ClF6N2O4. The topological polar surface area (TPSA) is 84.5 Å². The minimum atomic E-state index is -4.66. The fraction of sp³-hybridized carbons (Fsp3) is 0.531. The lowest BCUT2D eigenvalue weighted by Crippen LogP contribution is -2.34. The van der Waals surface area contributed by atoms with E-state index in [4.69, 9.17) is 16.3 Å². The van der Waals surface area contributed by atoms with Gasteiger partial charge in [-0.05, 0) is 73.9 Å². The summed E-state index contributed by atoms with van der Waals surface area (Å²) in [5.41, 5.74) is -0.00260. The second-order valence-corrected chi connectivity index (χ2v) is 12.8. The van der Waals surface area contributed by atoms with Crippen molar-refractivity contribution >= 4 is 34.9 Å². The Kier molecular flexibility index (Phi) is 12.0. The second kappa shape index (κ2) is 14.9. The molecule has 1 aliphatic carbocycles. The van der Waals surface area contributed by atoms with Gasteiger partial charge in [-0.15, -0.1) is 0 Å². The Bertz CT molecular complexity index is 1360. The van der Waals surface area contributed by atoms with Gasteiger partial charge in [0.1, 0.15) is 5.75 Å². The van der Waals surface area contributed by atoms with Crippen molar-refractivity contribution in [1.29, 1.82) is 0 Å². The van der Waals surface area contributed by atoms with Gasteiger partial charge >= 0.3 is 12.4 Å². The monoisotopic (exact) mass is 662 g/mol. The number of alkyl halides is 6. The molecule has 0 spiro atoms. The van der Waals surface area contributed by atoms with Gasteiger partial charge in [0.25, 0.3) is 5.91 Å². The van der Waals surface area contributed by atoms with E-state index in [9.17, 15) is 40.7 Å². The van der Waals surface area contributed by atoms with Crippen molar-refractivity contribution < 1.29 is 45.5 Å². The summed E-state index contributed by atoms with van der Waals surface area (Å²) in [7, 11) is 0. The van der Waals surface area contributed by atoms with Crippen molar-refractivity contribution in [3.8, 4) is 5.75 Å².